The maximum atomic E-state index is 12.3. The summed E-state index contributed by atoms with van der Waals surface area (Å²) in [4.78, 5) is 20.5. The molecule has 3 rings (SSSR count). The van der Waals surface area contributed by atoms with Crippen LogP contribution in [0.2, 0.25) is 0 Å². The smallest absolute Gasteiger partial charge is 0.317 e. The SMILES string of the molecule is COc1cccc(CCNC(=O)N2CCN(c3ccncc3)CC2)c1. The fraction of sp³-hybridized carbons (Fsp3) is 0.368. The number of nitrogens with one attached hydrogen (secondary N) is 1. The first-order chi connectivity index (χ1) is 12.3. The Morgan fingerprint density at radius 2 is 1.92 bits per heavy atom. The predicted molar refractivity (Wildman–Crippen MR) is 98.1 cm³/mol. The number of carbonyl (C=O) groups is 1. The molecule has 0 unspecified atom stereocenters. The van der Waals surface area contributed by atoms with E-state index in [1.54, 1.807) is 19.5 Å². The number of piperazine rings is 1. The number of carbonyl (C=O) groups excluding carboxylic acids is 1. The van der Waals surface area contributed by atoms with Crippen molar-refractivity contribution in [3.8, 4) is 5.75 Å². The number of benzene rings is 1. The van der Waals surface area contributed by atoms with E-state index in [1.807, 2.05) is 41.3 Å². The molecule has 6 heteroatoms. The van der Waals surface area contributed by atoms with Gasteiger partial charge in [0, 0.05) is 50.8 Å². The van der Waals surface area contributed by atoms with E-state index in [-0.39, 0.29) is 6.03 Å². The van der Waals surface area contributed by atoms with Gasteiger partial charge in [0.1, 0.15) is 5.75 Å². The summed E-state index contributed by atoms with van der Waals surface area (Å²) in [6.45, 7) is 3.76. The molecule has 1 aliphatic heterocycles. The summed E-state index contributed by atoms with van der Waals surface area (Å²) < 4.78 is 5.22. The van der Waals surface area contributed by atoms with Crippen molar-refractivity contribution in [3.63, 3.8) is 0 Å². The van der Waals surface area contributed by atoms with Crippen LogP contribution in [-0.4, -0.2) is 55.7 Å². The van der Waals surface area contributed by atoms with Gasteiger partial charge >= 0.3 is 6.03 Å². The minimum absolute atomic E-state index is 0.0114. The van der Waals surface area contributed by atoms with Crippen LogP contribution in [0.3, 0.4) is 0 Å². The van der Waals surface area contributed by atoms with Crippen molar-refractivity contribution in [2.45, 2.75) is 6.42 Å². The van der Waals surface area contributed by atoms with Gasteiger partial charge in [-0.25, -0.2) is 4.79 Å². The van der Waals surface area contributed by atoms with Crippen LogP contribution in [-0.2, 0) is 6.42 Å². The minimum Gasteiger partial charge on any atom is -0.497 e. The number of nitrogens with zero attached hydrogens (tertiary/aromatic N) is 3. The highest BCUT2D eigenvalue weighted by atomic mass is 16.5. The van der Waals surface area contributed by atoms with Gasteiger partial charge in [-0.1, -0.05) is 12.1 Å². The summed E-state index contributed by atoms with van der Waals surface area (Å²) in [6.07, 6.45) is 4.39. The van der Waals surface area contributed by atoms with Gasteiger partial charge in [0.15, 0.2) is 0 Å². The van der Waals surface area contributed by atoms with E-state index in [0.29, 0.717) is 6.54 Å². The third kappa shape index (κ3) is 4.62. The molecule has 1 N–H and O–H groups in total. The first kappa shape index (κ1) is 17.1. The summed E-state index contributed by atoms with van der Waals surface area (Å²) in [7, 11) is 1.66. The zero-order valence-corrected chi connectivity index (χ0v) is 14.5. The van der Waals surface area contributed by atoms with Crippen LogP contribution >= 0.6 is 0 Å². The molecule has 2 heterocycles. The number of hydrogen-bond donors (Lipinski definition) is 1. The molecule has 0 atom stereocenters. The molecular weight excluding hydrogens is 316 g/mol. The molecule has 25 heavy (non-hydrogen) atoms. The maximum absolute atomic E-state index is 12.3. The second kappa shape index (κ2) is 8.37. The van der Waals surface area contributed by atoms with E-state index in [1.165, 1.54) is 0 Å². The quantitative estimate of drug-likeness (QED) is 0.906. The third-order valence-electron chi connectivity index (χ3n) is 4.42. The fourth-order valence-corrected chi connectivity index (χ4v) is 2.98. The summed E-state index contributed by atoms with van der Waals surface area (Å²) in [5.74, 6) is 0.844. The van der Waals surface area contributed by atoms with E-state index in [9.17, 15) is 4.79 Å². The standard InChI is InChI=1S/C19H24N4O2/c1-25-18-4-2-3-16(15-18)5-10-21-19(24)23-13-11-22(12-14-23)17-6-8-20-9-7-17/h2-4,6-9,15H,5,10-14H2,1H3,(H,21,24). The number of ether oxygens (including phenoxy) is 1. The minimum atomic E-state index is 0.0114. The van der Waals surface area contributed by atoms with Gasteiger partial charge in [0.2, 0.25) is 0 Å². The molecule has 2 amide bonds. The van der Waals surface area contributed by atoms with Gasteiger partial charge in [0.05, 0.1) is 7.11 Å². The number of methoxy groups -OCH3 is 1. The molecule has 2 aromatic rings. The van der Waals surface area contributed by atoms with Crippen LogP contribution < -0.4 is 15.0 Å². The lowest BCUT2D eigenvalue weighted by molar-refractivity contribution is 0.194. The normalized spacial score (nSPS) is 14.3. The molecule has 1 aromatic carbocycles. The summed E-state index contributed by atoms with van der Waals surface area (Å²) in [5.41, 5.74) is 2.32. The van der Waals surface area contributed by atoms with E-state index >= 15 is 0 Å². The highest BCUT2D eigenvalue weighted by Crippen LogP contribution is 2.15. The van der Waals surface area contributed by atoms with Crippen molar-refractivity contribution in [1.29, 1.82) is 0 Å². The van der Waals surface area contributed by atoms with E-state index in [2.05, 4.69) is 15.2 Å². The van der Waals surface area contributed by atoms with Crippen molar-refractivity contribution in [2.24, 2.45) is 0 Å². The molecule has 6 nitrogen and oxygen atoms in total. The average molecular weight is 340 g/mol. The molecule has 0 saturated carbocycles. The van der Waals surface area contributed by atoms with Crippen molar-refractivity contribution in [3.05, 3.63) is 54.4 Å². The van der Waals surface area contributed by atoms with Crippen LogP contribution in [0.1, 0.15) is 5.56 Å². The number of anilines is 1. The van der Waals surface area contributed by atoms with Gasteiger partial charge in [-0.15, -0.1) is 0 Å². The average Bonchev–Trinajstić information content (AvgIpc) is 2.69. The summed E-state index contributed by atoms with van der Waals surface area (Å²) in [6, 6.07) is 12.0. The van der Waals surface area contributed by atoms with Crippen LogP contribution in [0, 0.1) is 0 Å². The number of hydrogen-bond acceptors (Lipinski definition) is 4. The highest BCUT2D eigenvalue weighted by Gasteiger charge is 2.20. The zero-order chi connectivity index (χ0) is 17.5. The van der Waals surface area contributed by atoms with Gasteiger partial charge in [-0.05, 0) is 36.2 Å². The number of aromatic nitrogens is 1. The first-order valence-corrected chi connectivity index (χ1v) is 8.57. The van der Waals surface area contributed by atoms with Gasteiger partial charge in [0.25, 0.3) is 0 Å². The number of rotatable bonds is 5. The summed E-state index contributed by atoms with van der Waals surface area (Å²) >= 11 is 0. The highest BCUT2D eigenvalue weighted by molar-refractivity contribution is 5.74. The van der Waals surface area contributed by atoms with Crippen LogP contribution in [0.25, 0.3) is 0 Å². The topological polar surface area (TPSA) is 57.7 Å². The Balaban J connectivity index is 1.42. The van der Waals surface area contributed by atoms with E-state index in [0.717, 1.165) is 49.6 Å². The maximum Gasteiger partial charge on any atom is 0.317 e. The molecule has 1 aromatic heterocycles. The second-order valence-electron chi connectivity index (χ2n) is 6.01. The third-order valence-corrected chi connectivity index (χ3v) is 4.42. The lowest BCUT2D eigenvalue weighted by atomic mass is 10.1. The van der Waals surface area contributed by atoms with Gasteiger partial charge < -0.3 is 19.9 Å². The van der Waals surface area contributed by atoms with Crippen molar-refractivity contribution >= 4 is 11.7 Å². The molecule has 0 bridgehead atoms. The Morgan fingerprint density at radius 1 is 1.16 bits per heavy atom. The van der Waals surface area contributed by atoms with Crippen molar-refractivity contribution in [1.82, 2.24) is 15.2 Å². The first-order valence-electron chi connectivity index (χ1n) is 8.57. The molecule has 1 fully saturated rings. The van der Waals surface area contributed by atoms with Crippen LogP contribution in [0.4, 0.5) is 10.5 Å². The largest absolute Gasteiger partial charge is 0.497 e. The van der Waals surface area contributed by atoms with Crippen LogP contribution in [0.15, 0.2) is 48.8 Å². The molecule has 0 radical (unpaired) electrons. The zero-order valence-electron chi connectivity index (χ0n) is 14.5. The molecule has 0 aliphatic carbocycles. The van der Waals surface area contributed by atoms with Crippen molar-refractivity contribution < 1.29 is 9.53 Å². The number of pyridine rings is 1. The Morgan fingerprint density at radius 3 is 2.64 bits per heavy atom. The van der Waals surface area contributed by atoms with Crippen LogP contribution in [0.5, 0.6) is 5.75 Å². The molecule has 1 aliphatic rings. The van der Waals surface area contributed by atoms with Gasteiger partial charge in [-0.3, -0.25) is 4.98 Å². The lowest BCUT2D eigenvalue weighted by Gasteiger charge is -2.36. The monoisotopic (exact) mass is 340 g/mol. The Kier molecular flexibility index (Phi) is 5.72. The van der Waals surface area contributed by atoms with Gasteiger partial charge in [-0.2, -0.15) is 0 Å². The molecule has 1 saturated heterocycles. The predicted octanol–water partition coefficient (Wildman–Crippen LogP) is 2.16. The second-order valence-corrected chi connectivity index (χ2v) is 6.01. The Bertz CT molecular complexity index is 685. The Labute approximate surface area is 148 Å². The Hall–Kier alpha value is -2.76. The summed E-state index contributed by atoms with van der Waals surface area (Å²) in [5, 5.41) is 3.01. The molecule has 132 valence electrons. The fourth-order valence-electron chi connectivity index (χ4n) is 2.98. The van der Waals surface area contributed by atoms with E-state index < -0.39 is 0 Å². The molecule has 0 spiro atoms. The van der Waals surface area contributed by atoms with E-state index in [4.69, 9.17) is 4.74 Å². The molecular formula is C19H24N4O2. The van der Waals surface area contributed by atoms with Crippen molar-refractivity contribution in [2.75, 3.05) is 44.7 Å². The number of urea groups is 1. The number of amides is 2. The lowest BCUT2D eigenvalue weighted by Crippen LogP contribution is -2.52.